The number of alkyl halides is 2. The van der Waals surface area contributed by atoms with Crippen molar-refractivity contribution >= 4 is 28.6 Å². The van der Waals surface area contributed by atoms with Crippen LogP contribution in [0.3, 0.4) is 0 Å². The molecule has 218 valence electrons. The van der Waals surface area contributed by atoms with E-state index in [0.29, 0.717) is 48.9 Å². The third-order valence-corrected chi connectivity index (χ3v) is 7.32. The van der Waals surface area contributed by atoms with Gasteiger partial charge in [-0.3, -0.25) is 14.4 Å². The molecule has 42 heavy (non-hydrogen) atoms. The van der Waals surface area contributed by atoms with Gasteiger partial charge in [0.2, 0.25) is 5.91 Å². The second-order valence-corrected chi connectivity index (χ2v) is 10.5. The van der Waals surface area contributed by atoms with Gasteiger partial charge in [0.25, 0.3) is 11.8 Å². The second kappa shape index (κ2) is 11.6. The molecule has 2 heterocycles. The van der Waals surface area contributed by atoms with E-state index in [4.69, 9.17) is 10.5 Å². The fraction of sp³-hybridized carbons (Fsp3) is 0.290. The van der Waals surface area contributed by atoms with Gasteiger partial charge in [0, 0.05) is 24.4 Å². The summed E-state index contributed by atoms with van der Waals surface area (Å²) in [5, 5.41) is 7.60. The number of nitrogens with two attached hydrogens (primary N) is 1. The van der Waals surface area contributed by atoms with Gasteiger partial charge in [-0.1, -0.05) is 36.4 Å². The van der Waals surface area contributed by atoms with E-state index in [1.807, 2.05) is 12.1 Å². The Balaban J connectivity index is 1.40. The van der Waals surface area contributed by atoms with E-state index >= 15 is 0 Å². The van der Waals surface area contributed by atoms with Crippen molar-refractivity contribution in [3.8, 4) is 11.4 Å². The Morgan fingerprint density at radius 3 is 2.55 bits per heavy atom. The van der Waals surface area contributed by atoms with Crippen LogP contribution in [0, 0.1) is 0 Å². The summed E-state index contributed by atoms with van der Waals surface area (Å²) in [6.07, 6.45) is 2.17. The largest absolute Gasteiger partial charge is 0.484 e. The lowest BCUT2D eigenvalue weighted by Crippen LogP contribution is -2.46. The number of halogens is 2. The van der Waals surface area contributed by atoms with Crippen LogP contribution in [-0.4, -0.2) is 57.0 Å². The first-order valence-corrected chi connectivity index (χ1v) is 13.6. The summed E-state index contributed by atoms with van der Waals surface area (Å²) >= 11 is 0. The number of benzene rings is 3. The van der Waals surface area contributed by atoms with Crippen LogP contribution in [0.1, 0.15) is 48.7 Å². The monoisotopic (exact) mass is 575 g/mol. The maximum Gasteiger partial charge on any atom is 0.321 e. The van der Waals surface area contributed by atoms with Gasteiger partial charge in [0.1, 0.15) is 17.9 Å². The molecule has 0 radical (unpaired) electrons. The highest BCUT2D eigenvalue weighted by molar-refractivity contribution is 5.98. The Hall–Kier alpha value is -4.80. The summed E-state index contributed by atoms with van der Waals surface area (Å²) in [7, 11) is 0. The molecule has 0 spiro atoms. The van der Waals surface area contributed by atoms with Crippen molar-refractivity contribution in [1.29, 1.82) is 0 Å². The van der Waals surface area contributed by atoms with Gasteiger partial charge in [-0.15, -0.1) is 0 Å². The van der Waals surface area contributed by atoms with Crippen LogP contribution >= 0.6 is 0 Å². The number of amides is 3. The molecule has 0 saturated carbocycles. The van der Waals surface area contributed by atoms with Crippen molar-refractivity contribution in [2.24, 2.45) is 5.73 Å². The third kappa shape index (κ3) is 5.95. The Morgan fingerprint density at radius 1 is 1.07 bits per heavy atom. The number of nitrogens with zero attached hydrogens (tertiary/aromatic N) is 3. The van der Waals surface area contributed by atoms with E-state index in [9.17, 15) is 23.2 Å². The van der Waals surface area contributed by atoms with Gasteiger partial charge in [0.05, 0.1) is 23.4 Å². The van der Waals surface area contributed by atoms with E-state index < -0.39 is 35.9 Å². The third-order valence-electron chi connectivity index (χ3n) is 7.32. The van der Waals surface area contributed by atoms with Crippen LogP contribution in [0.2, 0.25) is 0 Å². The predicted octanol–water partition coefficient (Wildman–Crippen LogP) is 4.40. The van der Waals surface area contributed by atoms with Crippen LogP contribution in [0.4, 0.5) is 8.78 Å². The van der Waals surface area contributed by atoms with Crippen LogP contribution in [0.5, 0.6) is 5.75 Å². The summed E-state index contributed by atoms with van der Waals surface area (Å²) in [6.45, 7) is 2.63. The lowest BCUT2D eigenvalue weighted by Gasteiger charge is -2.27. The second-order valence-electron chi connectivity index (χ2n) is 10.5. The number of likely N-dealkylation sites (tertiary alicyclic amines) is 1. The molecule has 3 amide bonds. The van der Waals surface area contributed by atoms with Crippen molar-refractivity contribution < 1.29 is 27.9 Å². The number of ether oxygens (including phenoxy) is 1. The molecular formula is C31H31F2N5O4. The zero-order valence-electron chi connectivity index (χ0n) is 23.2. The molecule has 3 aromatic carbocycles. The number of hydrogen-bond donors (Lipinski definition) is 2. The van der Waals surface area contributed by atoms with Gasteiger partial charge in [-0.25, -0.2) is 4.68 Å². The van der Waals surface area contributed by atoms with Crippen molar-refractivity contribution in [2.45, 2.75) is 50.8 Å². The number of fused-ring (bicyclic) bond motifs is 1. The molecule has 4 aromatic rings. The highest BCUT2D eigenvalue weighted by atomic mass is 19.3. The Labute approximate surface area is 241 Å². The molecule has 0 bridgehead atoms. The predicted molar refractivity (Wildman–Crippen MR) is 152 cm³/mol. The smallest absolute Gasteiger partial charge is 0.321 e. The first-order valence-electron chi connectivity index (χ1n) is 13.6. The first kappa shape index (κ1) is 28.7. The van der Waals surface area contributed by atoms with Gasteiger partial charge < -0.3 is 20.7 Å². The number of aromatic nitrogens is 2. The molecule has 1 fully saturated rings. The minimum Gasteiger partial charge on any atom is -0.484 e. The molecule has 1 aromatic heterocycles. The molecule has 1 saturated heterocycles. The topological polar surface area (TPSA) is 120 Å². The summed E-state index contributed by atoms with van der Waals surface area (Å²) in [5.74, 6) is -5.23. The molecule has 3 atom stereocenters. The van der Waals surface area contributed by atoms with E-state index in [-0.39, 0.29) is 5.91 Å². The van der Waals surface area contributed by atoms with Crippen molar-refractivity contribution in [1.82, 2.24) is 20.0 Å². The summed E-state index contributed by atoms with van der Waals surface area (Å²) < 4.78 is 35.1. The first-order chi connectivity index (χ1) is 20.0. The van der Waals surface area contributed by atoms with E-state index in [0.717, 1.165) is 10.9 Å². The normalized spacial score (nSPS) is 16.7. The number of hydrogen-bond acceptors (Lipinski definition) is 5. The number of carbonyl (C=O) groups excluding carboxylic acids is 3. The molecule has 3 N–H and O–H groups in total. The lowest BCUT2D eigenvalue weighted by atomic mass is 10.0. The Kier molecular flexibility index (Phi) is 7.93. The van der Waals surface area contributed by atoms with Crippen molar-refractivity contribution in [2.75, 3.05) is 6.54 Å². The van der Waals surface area contributed by atoms with Crippen LogP contribution in [0.15, 0.2) is 79.0 Å². The fourth-order valence-electron chi connectivity index (χ4n) is 5.19. The molecule has 1 unspecified atom stereocenters. The van der Waals surface area contributed by atoms with Crippen LogP contribution in [-0.2, 0) is 9.59 Å². The van der Waals surface area contributed by atoms with E-state index in [1.54, 1.807) is 78.5 Å². The van der Waals surface area contributed by atoms with E-state index in [2.05, 4.69) is 10.4 Å². The SMILES string of the molecule is C[C@H](NC(=O)C(C)(F)F)C(Oc1ccc2c(cnn2-c2cccc(C(=O)N3CCC[C@H]3C(N)=O)c2)c1)c1ccccc1. The molecular weight excluding hydrogens is 544 g/mol. The minimum atomic E-state index is -3.52. The number of primary amides is 1. The van der Waals surface area contributed by atoms with E-state index in [1.165, 1.54) is 4.90 Å². The maximum absolute atomic E-state index is 13.6. The zero-order chi connectivity index (χ0) is 30.0. The summed E-state index contributed by atoms with van der Waals surface area (Å²) in [4.78, 5) is 38.5. The Morgan fingerprint density at radius 2 is 1.83 bits per heavy atom. The van der Waals surface area contributed by atoms with Gasteiger partial charge in [-0.05, 0) is 61.7 Å². The molecule has 9 nitrogen and oxygen atoms in total. The number of rotatable bonds is 9. The summed E-state index contributed by atoms with van der Waals surface area (Å²) in [6, 6.07) is 20.0. The Bertz CT molecular complexity index is 1620. The number of nitrogens with one attached hydrogen (secondary N) is 1. The highest BCUT2D eigenvalue weighted by Gasteiger charge is 2.35. The zero-order valence-corrected chi connectivity index (χ0v) is 23.2. The van der Waals surface area contributed by atoms with Crippen molar-refractivity contribution in [3.63, 3.8) is 0 Å². The molecule has 1 aliphatic heterocycles. The van der Waals surface area contributed by atoms with Crippen molar-refractivity contribution in [3.05, 3.63) is 90.1 Å². The summed E-state index contributed by atoms with van der Waals surface area (Å²) in [5.41, 5.74) is 8.02. The molecule has 0 aliphatic carbocycles. The maximum atomic E-state index is 13.6. The van der Waals surface area contributed by atoms with Gasteiger partial charge >= 0.3 is 5.92 Å². The quantitative estimate of drug-likeness (QED) is 0.307. The average Bonchev–Trinajstić information content (AvgIpc) is 3.63. The standard InChI is InChI=1S/C31H31F2N5O4/c1-19(36-30(41)31(2,32)33)27(20-8-4-3-5-9-20)42-24-13-14-25-22(17-24)18-35-38(25)23-11-6-10-21(16-23)29(40)37-15-7-12-26(37)28(34)39/h3-6,8-11,13-14,16-19,26-27H,7,12,15H2,1-2H3,(H2,34,39)(H,36,41)/t19-,26-,27?/m0/s1. The van der Waals surface area contributed by atoms with Gasteiger partial charge in [-0.2, -0.15) is 13.9 Å². The molecule has 5 rings (SSSR count). The number of carbonyl (C=O) groups is 3. The highest BCUT2D eigenvalue weighted by Crippen LogP contribution is 2.30. The lowest BCUT2D eigenvalue weighted by molar-refractivity contribution is -0.144. The van der Waals surface area contributed by atoms with Crippen LogP contribution < -0.4 is 15.8 Å². The molecule has 11 heteroatoms. The molecule has 1 aliphatic rings. The average molecular weight is 576 g/mol. The minimum absolute atomic E-state index is 0.265. The van der Waals surface area contributed by atoms with Gasteiger partial charge in [0.15, 0.2) is 0 Å². The fourth-order valence-corrected chi connectivity index (χ4v) is 5.19. The van der Waals surface area contributed by atoms with Crippen LogP contribution in [0.25, 0.3) is 16.6 Å².